The number of fused-ring (bicyclic) bond motifs is 1. The van der Waals surface area contributed by atoms with Gasteiger partial charge in [-0.3, -0.25) is 14.6 Å². The van der Waals surface area contributed by atoms with E-state index in [2.05, 4.69) is 9.97 Å². The molecule has 4 aromatic rings. The second kappa shape index (κ2) is 8.27. The molecule has 0 saturated carbocycles. The van der Waals surface area contributed by atoms with E-state index < -0.39 is 17.7 Å². The smallest absolute Gasteiger partial charge is 0.295 e. The number of H-pyrrole nitrogens is 1. The number of aliphatic hydroxyl groups is 1. The molecule has 2 aromatic carbocycles. The Hall–Kier alpha value is -4.39. The minimum absolute atomic E-state index is 0.00396. The normalized spacial score (nSPS) is 17.7. The first kappa shape index (κ1) is 20.5. The standard InChI is InChI=1S/C26H21N3O4/c30-19-5-3-4-17(14-19)23-22(24(31)16-8-11-27-12-9-16)25(32)26(33)29(23)13-10-18-15-28-21-7-2-1-6-20(18)21/h1-9,11-12,14-15,23,28,30-31H,10,13H2/b24-22+. The number of likely N-dealkylation sites (tertiary alicyclic amines) is 1. The zero-order valence-electron chi connectivity index (χ0n) is 17.6. The zero-order chi connectivity index (χ0) is 22.9. The molecule has 7 nitrogen and oxygen atoms in total. The second-order valence-electron chi connectivity index (χ2n) is 7.93. The summed E-state index contributed by atoms with van der Waals surface area (Å²) in [5.41, 5.74) is 2.96. The number of rotatable bonds is 5. The number of carbonyl (C=O) groups excluding carboxylic acids is 2. The van der Waals surface area contributed by atoms with Gasteiger partial charge in [0.15, 0.2) is 0 Å². The Morgan fingerprint density at radius 2 is 1.82 bits per heavy atom. The number of phenols is 1. The number of nitrogens with zero attached hydrogens (tertiary/aromatic N) is 2. The molecule has 2 aromatic heterocycles. The Morgan fingerprint density at radius 1 is 1.03 bits per heavy atom. The van der Waals surface area contributed by atoms with E-state index in [1.165, 1.54) is 29.4 Å². The molecule has 1 atom stereocenters. The van der Waals surface area contributed by atoms with Crippen LogP contribution >= 0.6 is 0 Å². The van der Waals surface area contributed by atoms with Crippen molar-refractivity contribution in [2.24, 2.45) is 0 Å². The van der Waals surface area contributed by atoms with Crippen molar-refractivity contribution in [2.75, 3.05) is 6.54 Å². The maximum absolute atomic E-state index is 13.1. The third kappa shape index (κ3) is 3.63. The molecule has 33 heavy (non-hydrogen) atoms. The Morgan fingerprint density at radius 3 is 2.61 bits per heavy atom. The van der Waals surface area contributed by atoms with Crippen LogP contribution in [0.25, 0.3) is 16.7 Å². The van der Waals surface area contributed by atoms with E-state index in [9.17, 15) is 19.8 Å². The summed E-state index contributed by atoms with van der Waals surface area (Å²) in [7, 11) is 0. The van der Waals surface area contributed by atoms with Crippen LogP contribution in [0.2, 0.25) is 0 Å². The van der Waals surface area contributed by atoms with Gasteiger partial charge in [-0.25, -0.2) is 0 Å². The van der Waals surface area contributed by atoms with Crippen molar-refractivity contribution in [3.05, 3.63) is 102 Å². The van der Waals surface area contributed by atoms with Gasteiger partial charge in [-0.1, -0.05) is 30.3 Å². The lowest BCUT2D eigenvalue weighted by Crippen LogP contribution is -2.31. The molecule has 0 radical (unpaired) electrons. The van der Waals surface area contributed by atoms with Gasteiger partial charge >= 0.3 is 0 Å². The second-order valence-corrected chi connectivity index (χ2v) is 7.93. The lowest BCUT2D eigenvalue weighted by Gasteiger charge is -2.25. The van der Waals surface area contributed by atoms with Gasteiger partial charge in [0, 0.05) is 41.6 Å². The van der Waals surface area contributed by atoms with Crippen LogP contribution in [0, 0.1) is 0 Å². The first-order valence-corrected chi connectivity index (χ1v) is 10.6. The topological polar surface area (TPSA) is 107 Å². The third-order valence-electron chi connectivity index (χ3n) is 5.98. The van der Waals surface area contributed by atoms with Gasteiger partial charge in [0.05, 0.1) is 11.6 Å². The molecule has 5 rings (SSSR count). The number of ketones is 1. The fraction of sp³-hybridized carbons (Fsp3) is 0.115. The first-order valence-electron chi connectivity index (χ1n) is 10.6. The number of amides is 1. The van der Waals surface area contributed by atoms with Crippen LogP contribution in [0.1, 0.15) is 22.7 Å². The van der Waals surface area contributed by atoms with Crippen LogP contribution < -0.4 is 0 Å². The number of phenolic OH excluding ortho intramolecular Hbond substituents is 1. The molecule has 1 unspecified atom stereocenters. The van der Waals surface area contributed by atoms with Gasteiger partial charge in [0.25, 0.3) is 11.7 Å². The zero-order valence-corrected chi connectivity index (χ0v) is 17.6. The molecular weight excluding hydrogens is 418 g/mol. The lowest BCUT2D eigenvalue weighted by atomic mass is 9.95. The number of aromatic amines is 1. The average molecular weight is 439 g/mol. The molecule has 1 saturated heterocycles. The van der Waals surface area contributed by atoms with Crippen LogP contribution in [-0.2, 0) is 16.0 Å². The highest BCUT2D eigenvalue weighted by molar-refractivity contribution is 6.46. The van der Waals surface area contributed by atoms with E-state index in [4.69, 9.17) is 0 Å². The van der Waals surface area contributed by atoms with Crippen molar-refractivity contribution in [3.63, 3.8) is 0 Å². The van der Waals surface area contributed by atoms with Gasteiger partial charge in [-0.05, 0) is 47.9 Å². The largest absolute Gasteiger partial charge is 0.508 e. The summed E-state index contributed by atoms with van der Waals surface area (Å²) in [5.74, 6) is -1.69. The SMILES string of the molecule is O=C1C(=O)N(CCc2c[nH]c3ccccc23)C(c2cccc(O)c2)/C1=C(\O)c1ccncc1. The van der Waals surface area contributed by atoms with Crippen LogP contribution in [0.4, 0.5) is 0 Å². The molecule has 0 spiro atoms. The Balaban J connectivity index is 1.57. The monoisotopic (exact) mass is 439 g/mol. The number of hydrogen-bond acceptors (Lipinski definition) is 5. The summed E-state index contributed by atoms with van der Waals surface area (Å²) < 4.78 is 0. The summed E-state index contributed by atoms with van der Waals surface area (Å²) in [6, 6.07) is 16.6. The number of aliphatic hydroxyl groups excluding tert-OH is 1. The van der Waals surface area contributed by atoms with Gasteiger partial charge in [0.1, 0.15) is 11.5 Å². The van der Waals surface area contributed by atoms with Crippen molar-refractivity contribution in [3.8, 4) is 5.75 Å². The van der Waals surface area contributed by atoms with Crippen molar-refractivity contribution in [1.29, 1.82) is 0 Å². The summed E-state index contributed by atoms with van der Waals surface area (Å²) in [4.78, 5) is 34.8. The highest BCUT2D eigenvalue weighted by atomic mass is 16.3. The molecule has 3 N–H and O–H groups in total. The maximum Gasteiger partial charge on any atom is 0.295 e. The minimum Gasteiger partial charge on any atom is -0.508 e. The highest BCUT2D eigenvalue weighted by Crippen LogP contribution is 2.40. The summed E-state index contributed by atoms with van der Waals surface area (Å²) in [5, 5.41) is 22.1. The van der Waals surface area contributed by atoms with Crippen molar-refractivity contribution >= 4 is 28.4 Å². The summed E-state index contributed by atoms with van der Waals surface area (Å²) in [6.45, 7) is 0.264. The molecule has 0 aliphatic carbocycles. The van der Waals surface area contributed by atoms with Crippen molar-refractivity contribution in [2.45, 2.75) is 12.5 Å². The Kier molecular flexibility index (Phi) is 5.14. The maximum atomic E-state index is 13.1. The number of aromatic nitrogens is 2. The average Bonchev–Trinajstić information content (AvgIpc) is 3.36. The van der Waals surface area contributed by atoms with E-state index in [1.54, 1.807) is 24.3 Å². The molecule has 1 aliphatic rings. The third-order valence-corrected chi connectivity index (χ3v) is 5.98. The van der Waals surface area contributed by atoms with Crippen LogP contribution in [0.15, 0.2) is 84.8 Å². The molecule has 0 bridgehead atoms. The number of pyridine rings is 1. The molecule has 7 heteroatoms. The molecule has 1 aliphatic heterocycles. The van der Waals surface area contributed by atoms with Gasteiger partial charge in [0.2, 0.25) is 0 Å². The number of Topliss-reactive ketones (excluding diaryl/α,β-unsaturated/α-hetero) is 1. The fourth-order valence-corrected chi connectivity index (χ4v) is 4.40. The van der Waals surface area contributed by atoms with Gasteiger partial charge < -0.3 is 20.1 Å². The molecule has 1 amide bonds. The number of hydrogen-bond donors (Lipinski definition) is 3. The van der Waals surface area contributed by atoms with Crippen LogP contribution in [-0.4, -0.2) is 43.3 Å². The fourth-order valence-electron chi connectivity index (χ4n) is 4.40. The van der Waals surface area contributed by atoms with Crippen molar-refractivity contribution in [1.82, 2.24) is 14.9 Å². The van der Waals surface area contributed by atoms with Gasteiger partial charge in [-0.15, -0.1) is 0 Å². The Labute approximate surface area is 189 Å². The number of para-hydroxylation sites is 1. The number of benzene rings is 2. The molecular formula is C26H21N3O4. The Bertz CT molecular complexity index is 1390. The molecule has 3 heterocycles. The first-order chi connectivity index (χ1) is 16.0. The quantitative estimate of drug-likeness (QED) is 0.248. The predicted octanol–water partition coefficient (Wildman–Crippen LogP) is 3.93. The van der Waals surface area contributed by atoms with E-state index >= 15 is 0 Å². The number of aromatic hydroxyl groups is 1. The van der Waals surface area contributed by atoms with E-state index in [1.807, 2.05) is 30.5 Å². The molecule has 164 valence electrons. The predicted molar refractivity (Wildman–Crippen MR) is 123 cm³/mol. The number of nitrogens with one attached hydrogen (secondary N) is 1. The minimum atomic E-state index is -0.824. The van der Waals surface area contributed by atoms with Gasteiger partial charge in [-0.2, -0.15) is 0 Å². The van der Waals surface area contributed by atoms with Crippen LogP contribution in [0.3, 0.4) is 0 Å². The summed E-state index contributed by atoms with van der Waals surface area (Å²) >= 11 is 0. The highest BCUT2D eigenvalue weighted by Gasteiger charge is 2.46. The lowest BCUT2D eigenvalue weighted by molar-refractivity contribution is -0.139. The van der Waals surface area contributed by atoms with E-state index in [0.717, 1.165) is 16.5 Å². The van der Waals surface area contributed by atoms with E-state index in [-0.39, 0.29) is 23.6 Å². The summed E-state index contributed by atoms with van der Waals surface area (Å²) in [6.07, 6.45) is 5.43. The van der Waals surface area contributed by atoms with Crippen LogP contribution in [0.5, 0.6) is 5.75 Å². The van der Waals surface area contributed by atoms with E-state index in [0.29, 0.717) is 17.5 Å². The molecule has 1 fully saturated rings. The number of carbonyl (C=O) groups is 2. The van der Waals surface area contributed by atoms with Crippen molar-refractivity contribution < 1.29 is 19.8 Å².